The van der Waals surface area contributed by atoms with Gasteiger partial charge in [-0.3, -0.25) is 9.78 Å². The van der Waals surface area contributed by atoms with Crippen LogP contribution in [0.2, 0.25) is 0 Å². The first-order valence-electron chi connectivity index (χ1n) is 5.90. The number of aliphatic carboxylic acids is 1. The van der Waals surface area contributed by atoms with Crippen LogP contribution in [0.25, 0.3) is 11.1 Å². The third-order valence-electron chi connectivity index (χ3n) is 2.91. The largest absolute Gasteiger partial charge is 0.481 e. The van der Waals surface area contributed by atoms with Gasteiger partial charge in [0.25, 0.3) is 0 Å². The molecule has 0 aliphatic heterocycles. The lowest BCUT2D eigenvalue weighted by Crippen LogP contribution is -2.03. The molecule has 2 rings (SSSR count). The molecule has 0 unspecified atom stereocenters. The molecule has 0 aliphatic carbocycles. The van der Waals surface area contributed by atoms with E-state index in [4.69, 9.17) is 5.11 Å². The van der Waals surface area contributed by atoms with E-state index < -0.39 is 34.8 Å². The summed E-state index contributed by atoms with van der Waals surface area (Å²) in [6, 6.07) is 1.94. The van der Waals surface area contributed by atoms with Crippen molar-refractivity contribution in [3.63, 3.8) is 0 Å². The smallest absolute Gasteiger partial charge is 0.303 e. The average Bonchev–Trinajstić information content (AvgIpc) is 2.47. The number of nitrogens with zero attached hydrogens (tertiary/aromatic N) is 1. The van der Waals surface area contributed by atoms with Gasteiger partial charge in [-0.1, -0.05) is 0 Å². The average molecular weight is 299 g/mol. The van der Waals surface area contributed by atoms with E-state index in [1.807, 2.05) is 0 Å². The second-order valence-electron chi connectivity index (χ2n) is 4.27. The molecule has 2 aromatic rings. The van der Waals surface area contributed by atoms with E-state index in [1.165, 1.54) is 12.3 Å². The van der Waals surface area contributed by atoms with Crippen LogP contribution in [-0.4, -0.2) is 16.1 Å². The minimum atomic E-state index is -1.92. The van der Waals surface area contributed by atoms with Gasteiger partial charge in [-0.2, -0.15) is 0 Å². The van der Waals surface area contributed by atoms with Crippen LogP contribution in [0.3, 0.4) is 0 Å². The molecular formula is C14H9F4NO2. The molecule has 1 N–H and O–H groups in total. The monoisotopic (exact) mass is 299 g/mol. The van der Waals surface area contributed by atoms with E-state index in [2.05, 4.69) is 4.98 Å². The Balaban J connectivity index is 2.55. The third kappa shape index (κ3) is 3.01. The molecule has 1 aromatic carbocycles. The molecule has 0 radical (unpaired) electrons. The normalized spacial score (nSPS) is 10.7. The number of hydrogen-bond donors (Lipinski definition) is 1. The molecule has 0 atom stereocenters. The van der Waals surface area contributed by atoms with E-state index in [-0.39, 0.29) is 18.4 Å². The summed E-state index contributed by atoms with van der Waals surface area (Å²) < 4.78 is 53.3. The molecule has 3 nitrogen and oxygen atoms in total. The standard InChI is InChI=1S/C14H9F4NO2/c15-10-5-8(12(16)14(18)13(10)17)9-6-19-4-3-7(9)1-2-11(20)21/h3-6H,1-2H2,(H,20,21). The van der Waals surface area contributed by atoms with Crippen LogP contribution in [0.4, 0.5) is 17.6 Å². The van der Waals surface area contributed by atoms with E-state index in [1.54, 1.807) is 0 Å². The molecule has 0 saturated heterocycles. The highest BCUT2D eigenvalue weighted by molar-refractivity contribution is 5.70. The minimum Gasteiger partial charge on any atom is -0.481 e. The predicted octanol–water partition coefficient (Wildman–Crippen LogP) is 3.32. The third-order valence-corrected chi connectivity index (χ3v) is 2.91. The van der Waals surface area contributed by atoms with Crippen LogP contribution in [-0.2, 0) is 11.2 Å². The van der Waals surface area contributed by atoms with Crippen molar-refractivity contribution in [2.24, 2.45) is 0 Å². The van der Waals surface area contributed by atoms with Gasteiger partial charge in [0.15, 0.2) is 23.3 Å². The number of carbonyl (C=O) groups is 1. The molecule has 110 valence electrons. The molecule has 0 amide bonds. The fourth-order valence-corrected chi connectivity index (χ4v) is 1.89. The van der Waals surface area contributed by atoms with Crippen molar-refractivity contribution < 1.29 is 27.5 Å². The molecule has 0 saturated carbocycles. The number of carboxylic acids is 1. The van der Waals surface area contributed by atoms with E-state index in [9.17, 15) is 22.4 Å². The van der Waals surface area contributed by atoms with Gasteiger partial charge in [0.05, 0.1) is 0 Å². The first kappa shape index (κ1) is 15.0. The minimum absolute atomic E-state index is 0.0211. The van der Waals surface area contributed by atoms with Crippen LogP contribution in [0.15, 0.2) is 24.5 Å². The zero-order valence-electron chi connectivity index (χ0n) is 10.5. The number of benzene rings is 1. The van der Waals surface area contributed by atoms with Gasteiger partial charge in [-0.25, -0.2) is 17.6 Å². The van der Waals surface area contributed by atoms with Gasteiger partial charge in [0.2, 0.25) is 0 Å². The molecule has 0 aliphatic rings. The summed E-state index contributed by atoms with van der Waals surface area (Å²) in [4.78, 5) is 14.3. The molecule has 0 bridgehead atoms. The highest BCUT2D eigenvalue weighted by Gasteiger charge is 2.21. The van der Waals surface area contributed by atoms with Gasteiger partial charge in [-0.15, -0.1) is 0 Å². The van der Waals surface area contributed by atoms with Crippen molar-refractivity contribution in [1.29, 1.82) is 0 Å². The van der Waals surface area contributed by atoms with Crippen molar-refractivity contribution in [2.45, 2.75) is 12.8 Å². The molecule has 21 heavy (non-hydrogen) atoms. The highest BCUT2D eigenvalue weighted by Crippen LogP contribution is 2.30. The lowest BCUT2D eigenvalue weighted by molar-refractivity contribution is -0.136. The van der Waals surface area contributed by atoms with Crippen LogP contribution in [0.5, 0.6) is 0 Å². The van der Waals surface area contributed by atoms with Gasteiger partial charge >= 0.3 is 5.97 Å². The highest BCUT2D eigenvalue weighted by atomic mass is 19.2. The predicted molar refractivity (Wildman–Crippen MR) is 65.5 cm³/mol. The number of carboxylic acid groups (broad SMARTS) is 1. The number of rotatable bonds is 4. The summed E-state index contributed by atoms with van der Waals surface area (Å²) in [5.41, 5.74) is -0.134. The Kier molecular flexibility index (Phi) is 4.21. The Bertz CT molecular complexity index is 704. The summed E-state index contributed by atoms with van der Waals surface area (Å²) >= 11 is 0. The Morgan fingerprint density at radius 2 is 1.81 bits per heavy atom. The SMILES string of the molecule is O=C(O)CCc1ccncc1-c1cc(F)c(F)c(F)c1F. The van der Waals surface area contributed by atoms with Gasteiger partial charge in [0, 0.05) is 29.9 Å². The molecular weight excluding hydrogens is 290 g/mol. The van der Waals surface area contributed by atoms with Crippen LogP contribution in [0, 0.1) is 23.3 Å². The number of pyridine rings is 1. The maximum absolute atomic E-state index is 13.8. The maximum atomic E-state index is 13.8. The molecule has 0 fully saturated rings. The lowest BCUT2D eigenvalue weighted by Gasteiger charge is -2.10. The van der Waals surface area contributed by atoms with Crippen molar-refractivity contribution in [2.75, 3.05) is 0 Å². The summed E-state index contributed by atoms with van der Waals surface area (Å²) in [6.45, 7) is 0. The Labute approximate surface area is 116 Å². The first-order chi connectivity index (χ1) is 9.91. The number of aromatic nitrogens is 1. The van der Waals surface area contributed by atoms with E-state index in [0.29, 0.717) is 11.6 Å². The Hall–Kier alpha value is -2.44. The fourth-order valence-electron chi connectivity index (χ4n) is 1.89. The van der Waals surface area contributed by atoms with Crippen LogP contribution < -0.4 is 0 Å². The topological polar surface area (TPSA) is 50.2 Å². The number of hydrogen-bond acceptors (Lipinski definition) is 2. The molecule has 1 aromatic heterocycles. The van der Waals surface area contributed by atoms with Gasteiger partial charge in [-0.05, 0) is 24.1 Å². The van der Waals surface area contributed by atoms with E-state index >= 15 is 0 Å². The molecule has 1 heterocycles. The summed E-state index contributed by atoms with van der Waals surface area (Å²) in [5.74, 6) is -7.96. The van der Waals surface area contributed by atoms with Crippen LogP contribution >= 0.6 is 0 Å². The summed E-state index contributed by atoms with van der Waals surface area (Å²) in [5, 5.41) is 8.66. The summed E-state index contributed by atoms with van der Waals surface area (Å²) in [7, 11) is 0. The van der Waals surface area contributed by atoms with Crippen molar-refractivity contribution in [3.05, 3.63) is 53.4 Å². The second kappa shape index (κ2) is 5.90. The summed E-state index contributed by atoms with van der Waals surface area (Å²) in [6.07, 6.45) is 2.26. The number of halogens is 4. The maximum Gasteiger partial charge on any atom is 0.303 e. The quantitative estimate of drug-likeness (QED) is 0.535. The van der Waals surface area contributed by atoms with Crippen molar-refractivity contribution in [1.82, 2.24) is 4.98 Å². The molecule has 0 spiro atoms. The second-order valence-corrected chi connectivity index (χ2v) is 4.27. The van der Waals surface area contributed by atoms with Crippen molar-refractivity contribution >= 4 is 5.97 Å². The zero-order valence-corrected chi connectivity index (χ0v) is 10.5. The first-order valence-corrected chi connectivity index (χ1v) is 5.90. The Morgan fingerprint density at radius 1 is 1.10 bits per heavy atom. The number of aryl methyl sites for hydroxylation is 1. The van der Waals surface area contributed by atoms with Gasteiger partial charge in [0.1, 0.15) is 0 Å². The molecule has 7 heteroatoms. The van der Waals surface area contributed by atoms with E-state index in [0.717, 1.165) is 6.20 Å². The van der Waals surface area contributed by atoms with Crippen LogP contribution in [0.1, 0.15) is 12.0 Å². The lowest BCUT2D eigenvalue weighted by atomic mass is 9.98. The fraction of sp³-hybridized carbons (Fsp3) is 0.143. The van der Waals surface area contributed by atoms with Gasteiger partial charge < -0.3 is 5.11 Å². The Morgan fingerprint density at radius 3 is 2.48 bits per heavy atom. The zero-order chi connectivity index (χ0) is 15.6. The van der Waals surface area contributed by atoms with Crippen molar-refractivity contribution in [3.8, 4) is 11.1 Å².